The van der Waals surface area contributed by atoms with E-state index in [1.165, 1.54) is 18.5 Å². The van der Waals surface area contributed by atoms with Crippen molar-refractivity contribution in [2.45, 2.75) is 6.54 Å². The molecule has 0 spiro atoms. The topological polar surface area (TPSA) is 108 Å². The van der Waals surface area contributed by atoms with Crippen LogP contribution in [0.5, 0.6) is 0 Å². The van der Waals surface area contributed by atoms with Crippen molar-refractivity contribution < 1.29 is 12.8 Å². The van der Waals surface area contributed by atoms with Gasteiger partial charge in [-0.25, -0.2) is 22.5 Å². The quantitative estimate of drug-likeness (QED) is 0.556. The van der Waals surface area contributed by atoms with E-state index >= 15 is 0 Å². The highest BCUT2D eigenvalue weighted by Gasteiger charge is 2.11. The van der Waals surface area contributed by atoms with E-state index in [-0.39, 0.29) is 18.3 Å². The van der Waals surface area contributed by atoms with E-state index < -0.39 is 10.0 Å². The van der Waals surface area contributed by atoms with Crippen molar-refractivity contribution in [1.29, 1.82) is 0 Å². The standard InChI is InChI=1S/C16H14FN7O2S/c1-27(25,26)24-10-13(8-20-24)21-16-18-6-12-7-19-23(15(12)22-16)9-11-4-2-3-5-14(11)17/h2-8,10H,9H2,1H3,(H,18,21,22). The highest BCUT2D eigenvalue weighted by atomic mass is 32.2. The van der Waals surface area contributed by atoms with Gasteiger partial charge in [-0.3, -0.25) is 0 Å². The molecule has 0 fully saturated rings. The maximum absolute atomic E-state index is 13.9. The van der Waals surface area contributed by atoms with Crippen molar-refractivity contribution in [1.82, 2.24) is 28.9 Å². The summed E-state index contributed by atoms with van der Waals surface area (Å²) in [6.45, 7) is 0.221. The van der Waals surface area contributed by atoms with E-state index in [0.29, 0.717) is 22.3 Å². The number of benzene rings is 1. The largest absolute Gasteiger partial charge is 0.321 e. The van der Waals surface area contributed by atoms with E-state index in [1.807, 2.05) is 0 Å². The molecular formula is C16H14FN7O2S. The first-order valence-electron chi connectivity index (χ1n) is 7.84. The highest BCUT2D eigenvalue weighted by molar-refractivity contribution is 7.89. The van der Waals surface area contributed by atoms with Crippen molar-refractivity contribution >= 4 is 32.7 Å². The predicted molar refractivity (Wildman–Crippen MR) is 96.6 cm³/mol. The van der Waals surface area contributed by atoms with Crippen LogP contribution < -0.4 is 5.32 Å². The molecule has 0 amide bonds. The summed E-state index contributed by atoms with van der Waals surface area (Å²) in [6.07, 6.45) is 6.90. The molecule has 0 bridgehead atoms. The number of aromatic nitrogens is 6. The number of halogens is 1. The summed E-state index contributed by atoms with van der Waals surface area (Å²) >= 11 is 0. The van der Waals surface area contributed by atoms with Crippen LogP contribution in [0.1, 0.15) is 5.56 Å². The van der Waals surface area contributed by atoms with Crippen LogP contribution in [0.4, 0.5) is 16.0 Å². The second kappa shape index (κ2) is 6.43. The van der Waals surface area contributed by atoms with Crippen molar-refractivity contribution in [3.8, 4) is 0 Å². The van der Waals surface area contributed by atoms with Gasteiger partial charge in [0.05, 0.1) is 42.5 Å². The molecule has 4 rings (SSSR count). The number of fused-ring (bicyclic) bond motifs is 1. The summed E-state index contributed by atoms with van der Waals surface area (Å²) in [5.41, 5.74) is 1.43. The van der Waals surface area contributed by atoms with E-state index in [0.717, 1.165) is 10.3 Å². The molecule has 0 atom stereocenters. The van der Waals surface area contributed by atoms with E-state index in [1.54, 1.807) is 35.3 Å². The van der Waals surface area contributed by atoms with Crippen LogP contribution in [0.3, 0.4) is 0 Å². The molecule has 0 aliphatic heterocycles. The second-order valence-corrected chi connectivity index (χ2v) is 7.70. The van der Waals surface area contributed by atoms with Crippen LogP contribution in [0, 0.1) is 5.82 Å². The zero-order valence-corrected chi connectivity index (χ0v) is 14.9. The fraction of sp³-hybridized carbons (Fsp3) is 0.125. The Morgan fingerprint density at radius 1 is 1.15 bits per heavy atom. The summed E-state index contributed by atoms with van der Waals surface area (Å²) in [7, 11) is -3.47. The zero-order chi connectivity index (χ0) is 19.0. The molecular weight excluding hydrogens is 373 g/mol. The van der Waals surface area contributed by atoms with Gasteiger partial charge in [0, 0.05) is 11.8 Å². The Balaban J connectivity index is 1.64. The number of nitrogens with one attached hydrogen (secondary N) is 1. The SMILES string of the molecule is CS(=O)(=O)n1cc(Nc2ncc3cnn(Cc4ccccc4F)c3n2)cn1. The molecule has 1 aromatic carbocycles. The molecule has 0 unspecified atom stereocenters. The predicted octanol–water partition coefficient (Wildman–Crippen LogP) is 1.76. The van der Waals surface area contributed by atoms with Gasteiger partial charge >= 0.3 is 0 Å². The molecule has 1 N–H and O–H groups in total. The van der Waals surface area contributed by atoms with Gasteiger partial charge in [-0.1, -0.05) is 18.2 Å². The van der Waals surface area contributed by atoms with Crippen LogP contribution >= 0.6 is 0 Å². The lowest BCUT2D eigenvalue weighted by atomic mass is 10.2. The molecule has 0 saturated heterocycles. The average molecular weight is 387 g/mol. The molecule has 27 heavy (non-hydrogen) atoms. The van der Waals surface area contributed by atoms with Gasteiger partial charge < -0.3 is 5.32 Å². The van der Waals surface area contributed by atoms with Crippen molar-refractivity contribution in [2.75, 3.05) is 11.6 Å². The Bertz CT molecular complexity index is 1230. The van der Waals surface area contributed by atoms with E-state index in [4.69, 9.17) is 0 Å². The minimum atomic E-state index is -3.47. The molecule has 0 radical (unpaired) electrons. The van der Waals surface area contributed by atoms with Gasteiger partial charge in [0.2, 0.25) is 5.95 Å². The van der Waals surface area contributed by atoms with Crippen molar-refractivity contribution in [2.24, 2.45) is 0 Å². The zero-order valence-electron chi connectivity index (χ0n) is 14.1. The first kappa shape index (κ1) is 17.1. The Morgan fingerprint density at radius 2 is 1.96 bits per heavy atom. The first-order chi connectivity index (χ1) is 12.9. The van der Waals surface area contributed by atoms with Crippen LogP contribution in [0.2, 0.25) is 0 Å². The maximum Gasteiger partial charge on any atom is 0.250 e. The molecule has 3 aromatic heterocycles. The Labute approximate surface area is 153 Å². The molecule has 0 aliphatic carbocycles. The molecule has 4 aromatic rings. The lowest BCUT2D eigenvalue weighted by Gasteiger charge is -2.06. The molecule has 0 saturated carbocycles. The number of hydrogen-bond acceptors (Lipinski definition) is 7. The highest BCUT2D eigenvalue weighted by Crippen LogP contribution is 2.18. The third-order valence-electron chi connectivity index (χ3n) is 3.81. The lowest BCUT2D eigenvalue weighted by Crippen LogP contribution is -2.09. The fourth-order valence-corrected chi connectivity index (χ4v) is 3.03. The normalized spacial score (nSPS) is 11.8. The van der Waals surface area contributed by atoms with Crippen LogP contribution in [0.15, 0.2) is 49.1 Å². The number of hydrogen-bond donors (Lipinski definition) is 1. The average Bonchev–Trinajstić information content (AvgIpc) is 3.24. The Kier molecular flexibility index (Phi) is 4.07. The summed E-state index contributed by atoms with van der Waals surface area (Å²) < 4.78 is 39.3. The maximum atomic E-state index is 13.9. The molecule has 3 heterocycles. The molecule has 0 aliphatic rings. The molecule has 138 valence electrons. The van der Waals surface area contributed by atoms with Gasteiger partial charge in [0.25, 0.3) is 10.0 Å². The third kappa shape index (κ3) is 3.49. The summed E-state index contributed by atoms with van der Waals surface area (Å²) in [6, 6.07) is 6.46. The smallest absolute Gasteiger partial charge is 0.250 e. The van der Waals surface area contributed by atoms with Gasteiger partial charge in [-0.15, -0.1) is 0 Å². The summed E-state index contributed by atoms with van der Waals surface area (Å²) in [4.78, 5) is 8.57. The lowest BCUT2D eigenvalue weighted by molar-refractivity contribution is 0.586. The van der Waals surface area contributed by atoms with Gasteiger partial charge in [-0.05, 0) is 6.07 Å². The van der Waals surface area contributed by atoms with Gasteiger partial charge in [-0.2, -0.15) is 19.3 Å². The monoisotopic (exact) mass is 387 g/mol. The van der Waals surface area contributed by atoms with Gasteiger partial charge in [0.1, 0.15) is 5.82 Å². The third-order valence-corrected chi connectivity index (χ3v) is 4.69. The van der Waals surface area contributed by atoms with Crippen molar-refractivity contribution in [3.05, 3.63) is 60.4 Å². The number of anilines is 2. The Morgan fingerprint density at radius 3 is 2.70 bits per heavy atom. The summed E-state index contributed by atoms with van der Waals surface area (Å²) in [5, 5.41) is 11.6. The van der Waals surface area contributed by atoms with Crippen LogP contribution in [0.25, 0.3) is 11.0 Å². The first-order valence-corrected chi connectivity index (χ1v) is 9.69. The minimum absolute atomic E-state index is 0.221. The minimum Gasteiger partial charge on any atom is -0.321 e. The Hall–Kier alpha value is -3.34. The van der Waals surface area contributed by atoms with Crippen molar-refractivity contribution in [3.63, 3.8) is 0 Å². The number of rotatable bonds is 5. The summed E-state index contributed by atoms with van der Waals surface area (Å²) in [5.74, 6) is -0.0763. The van der Waals surface area contributed by atoms with Gasteiger partial charge in [0.15, 0.2) is 5.65 Å². The second-order valence-electron chi connectivity index (χ2n) is 5.86. The van der Waals surface area contributed by atoms with Crippen LogP contribution in [-0.2, 0) is 16.6 Å². The molecule has 11 heteroatoms. The fourth-order valence-electron chi connectivity index (χ4n) is 2.51. The van der Waals surface area contributed by atoms with E-state index in [9.17, 15) is 12.8 Å². The van der Waals surface area contributed by atoms with E-state index in [2.05, 4.69) is 25.5 Å². The molecule has 9 nitrogen and oxygen atoms in total. The van der Waals surface area contributed by atoms with Crippen LogP contribution in [-0.4, -0.2) is 43.6 Å². The number of nitrogens with zero attached hydrogens (tertiary/aromatic N) is 6.